The summed E-state index contributed by atoms with van der Waals surface area (Å²) >= 11 is 3.36. The summed E-state index contributed by atoms with van der Waals surface area (Å²) < 4.78 is 30.4. The first kappa shape index (κ1) is 18.1. The zero-order valence-electron chi connectivity index (χ0n) is 13.6. The van der Waals surface area contributed by atoms with Gasteiger partial charge < -0.3 is 5.11 Å². The molecule has 2 aromatic rings. The van der Waals surface area contributed by atoms with E-state index in [4.69, 9.17) is 5.11 Å². The van der Waals surface area contributed by atoms with Crippen molar-refractivity contribution in [2.45, 2.75) is 43.7 Å². The van der Waals surface area contributed by atoms with E-state index in [1.807, 2.05) is 6.92 Å². The van der Waals surface area contributed by atoms with Crippen molar-refractivity contribution in [1.82, 2.24) is 14.5 Å². The van der Waals surface area contributed by atoms with Crippen LogP contribution in [0.25, 0.3) is 0 Å². The van der Waals surface area contributed by atoms with Gasteiger partial charge in [0.15, 0.2) is 0 Å². The molecule has 1 aromatic heterocycles. The van der Waals surface area contributed by atoms with Crippen LogP contribution in [-0.2, 0) is 27.8 Å². The van der Waals surface area contributed by atoms with Crippen molar-refractivity contribution in [3.8, 4) is 0 Å². The van der Waals surface area contributed by atoms with Gasteiger partial charge in [-0.05, 0) is 49.9 Å². The van der Waals surface area contributed by atoms with Crippen molar-refractivity contribution in [2.75, 3.05) is 0 Å². The van der Waals surface area contributed by atoms with E-state index in [1.165, 1.54) is 4.68 Å². The van der Waals surface area contributed by atoms with Crippen LogP contribution < -0.4 is 4.72 Å². The lowest BCUT2D eigenvalue weighted by Gasteiger charge is -2.24. The monoisotopic (exact) mass is 427 g/mol. The van der Waals surface area contributed by atoms with E-state index < -0.39 is 22.0 Å². The van der Waals surface area contributed by atoms with Crippen molar-refractivity contribution in [3.63, 3.8) is 0 Å². The number of halogens is 1. The van der Waals surface area contributed by atoms with Gasteiger partial charge in [-0.3, -0.25) is 9.48 Å². The second-order valence-corrected chi connectivity index (χ2v) is 8.64. The fourth-order valence-corrected chi connectivity index (χ4v) is 4.63. The Hall–Kier alpha value is -1.71. The third-order valence-electron chi connectivity index (χ3n) is 4.28. The second-order valence-electron chi connectivity index (χ2n) is 6.08. The van der Waals surface area contributed by atoms with Crippen LogP contribution in [0.5, 0.6) is 0 Å². The van der Waals surface area contributed by atoms with Crippen LogP contribution in [0.15, 0.2) is 33.8 Å². The van der Waals surface area contributed by atoms with Crippen molar-refractivity contribution < 1.29 is 18.3 Å². The molecule has 3 rings (SSSR count). The molecule has 2 N–H and O–H groups in total. The number of carbonyl (C=O) groups is 1. The van der Waals surface area contributed by atoms with Gasteiger partial charge in [0.1, 0.15) is 6.54 Å². The fraction of sp³-hybridized carbons (Fsp3) is 0.375. The highest BCUT2D eigenvalue weighted by molar-refractivity contribution is 9.10. The van der Waals surface area contributed by atoms with Crippen LogP contribution in [0.4, 0.5) is 0 Å². The number of aliphatic carboxylic acids is 1. The molecular formula is C16H18BrN3O4S. The molecule has 0 radical (unpaired) electrons. The number of carboxylic acids is 1. The fourth-order valence-electron chi connectivity index (χ4n) is 3.05. The van der Waals surface area contributed by atoms with E-state index in [1.54, 1.807) is 24.4 Å². The zero-order valence-corrected chi connectivity index (χ0v) is 16.0. The maximum absolute atomic E-state index is 12.7. The number of fused-ring (bicyclic) bond motifs is 1. The second kappa shape index (κ2) is 6.89. The number of nitrogens with one attached hydrogen (secondary N) is 1. The molecule has 9 heteroatoms. The van der Waals surface area contributed by atoms with Crippen molar-refractivity contribution in [3.05, 3.63) is 45.7 Å². The average molecular weight is 428 g/mol. The Morgan fingerprint density at radius 3 is 2.92 bits per heavy atom. The Morgan fingerprint density at radius 2 is 2.24 bits per heavy atom. The summed E-state index contributed by atoms with van der Waals surface area (Å²) in [5, 5.41) is 13.1. The first-order chi connectivity index (χ1) is 11.8. The first-order valence-electron chi connectivity index (χ1n) is 7.83. The Morgan fingerprint density at radius 1 is 1.48 bits per heavy atom. The zero-order chi connectivity index (χ0) is 18.2. The molecule has 1 aliphatic rings. The van der Waals surface area contributed by atoms with Gasteiger partial charge in [-0.1, -0.05) is 15.9 Å². The number of benzene rings is 1. The lowest BCUT2D eigenvalue weighted by atomic mass is 9.94. The summed E-state index contributed by atoms with van der Waals surface area (Å²) in [6.07, 6.45) is 3.68. The van der Waals surface area contributed by atoms with Gasteiger partial charge in [0, 0.05) is 15.7 Å². The van der Waals surface area contributed by atoms with Crippen LogP contribution in [-0.4, -0.2) is 29.3 Å². The highest BCUT2D eigenvalue weighted by atomic mass is 79.9. The van der Waals surface area contributed by atoms with E-state index in [0.717, 1.165) is 27.7 Å². The van der Waals surface area contributed by atoms with Crippen LogP contribution in [0.2, 0.25) is 0 Å². The Kier molecular flexibility index (Phi) is 4.99. The van der Waals surface area contributed by atoms with Gasteiger partial charge in [0.05, 0.1) is 17.1 Å². The van der Waals surface area contributed by atoms with Crippen LogP contribution in [0.3, 0.4) is 0 Å². The molecule has 0 saturated carbocycles. The standard InChI is InChI=1S/C16H18BrN3O4S/c1-10-7-11(5-6-13(10)17)25(23,24)19-14-3-2-4-15-12(14)8-18-20(15)9-16(21)22/h5-8,14,19H,2-4,9H2,1H3,(H,21,22). The molecule has 7 nitrogen and oxygen atoms in total. The molecular weight excluding hydrogens is 410 g/mol. The summed E-state index contributed by atoms with van der Waals surface area (Å²) in [6.45, 7) is 1.61. The molecule has 1 heterocycles. The molecule has 25 heavy (non-hydrogen) atoms. The van der Waals surface area contributed by atoms with Crippen LogP contribution in [0.1, 0.15) is 35.7 Å². The highest BCUT2D eigenvalue weighted by Gasteiger charge is 2.29. The summed E-state index contributed by atoms with van der Waals surface area (Å²) in [7, 11) is -3.68. The van der Waals surface area contributed by atoms with Gasteiger partial charge in [0.2, 0.25) is 10.0 Å². The number of nitrogens with zero attached hydrogens (tertiary/aromatic N) is 2. The largest absolute Gasteiger partial charge is 0.480 e. The Labute approximate surface area is 154 Å². The predicted molar refractivity (Wildman–Crippen MR) is 94.7 cm³/mol. The van der Waals surface area contributed by atoms with E-state index in [-0.39, 0.29) is 11.4 Å². The smallest absolute Gasteiger partial charge is 0.325 e. The number of aromatic nitrogens is 2. The van der Waals surface area contributed by atoms with Crippen LogP contribution in [0, 0.1) is 6.92 Å². The minimum Gasteiger partial charge on any atom is -0.480 e. The number of hydrogen-bond donors (Lipinski definition) is 2. The predicted octanol–water partition coefficient (Wildman–Crippen LogP) is 2.39. The molecule has 0 aliphatic heterocycles. The minimum atomic E-state index is -3.68. The Balaban J connectivity index is 1.88. The van der Waals surface area contributed by atoms with Crippen molar-refractivity contribution in [2.24, 2.45) is 0 Å². The van der Waals surface area contributed by atoms with E-state index >= 15 is 0 Å². The molecule has 0 amide bonds. The number of hydrogen-bond acceptors (Lipinski definition) is 4. The van der Waals surface area contributed by atoms with Gasteiger partial charge in [0.25, 0.3) is 0 Å². The molecule has 1 aromatic carbocycles. The van der Waals surface area contributed by atoms with Crippen molar-refractivity contribution >= 4 is 31.9 Å². The third-order valence-corrected chi connectivity index (χ3v) is 6.64. The molecule has 1 aliphatic carbocycles. The summed E-state index contributed by atoms with van der Waals surface area (Å²) in [4.78, 5) is 11.1. The first-order valence-corrected chi connectivity index (χ1v) is 10.1. The normalized spacial score (nSPS) is 17.3. The summed E-state index contributed by atoms with van der Waals surface area (Å²) in [5.74, 6) is -0.973. The van der Waals surface area contributed by atoms with Gasteiger partial charge in [-0.15, -0.1) is 0 Å². The molecule has 0 fully saturated rings. The summed E-state index contributed by atoms with van der Waals surface area (Å²) in [6, 6.07) is 4.47. The third kappa shape index (κ3) is 3.78. The molecule has 0 bridgehead atoms. The number of carboxylic acid groups (broad SMARTS) is 1. The number of sulfonamides is 1. The number of rotatable bonds is 5. The summed E-state index contributed by atoms with van der Waals surface area (Å²) in [5.41, 5.74) is 2.37. The molecule has 0 spiro atoms. The van der Waals surface area contributed by atoms with Crippen molar-refractivity contribution in [1.29, 1.82) is 0 Å². The topological polar surface area (TPSA) is 101 Å². The van der Waals surface area contributed by atoms with E-state index in [2.05, 4.69) is 25.8 Å². The molecule has 1 atom stereocenters. The molecule has 1 unspecified atom stereocenters. The van der Waals surface area contributed by atoms with E-state index in [9.17, 15) is 13.2 Å². The van der Waals surface area contributed by atoms with Gasteiger partial charge >= 0.3 is 5.97 Å². The lowest BCUT2D eigenvalue weighted by molar-refractivity contribution is -0.137. The lowest BCUT2D eigenvalue weighted by Crippen LogP contribution is -2.31. The van der Waals surface area contributed by atoms with Gasteiger partial charge in [-0.2, -0.15) is 5.10 Å². The van der Waals surface area contributed by atoms with Crippen LogP contribution >= 0.6 is 15.9 Å². The maximum Gasteiger partial charge on any atom is 0.325 e. The molecule has 0 saturated heterocycles. The van der Waals surface area contributed by atoms with Gasteiger partial charge in [-0.25, -0.2) is 13.1 Å². The van der Waals surface area contributed by atoms with E-state index in [0.29, 0.717) is 12.8 Å². The number of aryl methyl sites for hydroxylation is 1. The minimum absolute atomic E-state index is 0.207. The molecule has 134 valence electrons. The highest BCUT2D eigenvalue weighted by Crippen LogP contribution is 2.31. The Bertz CT molecular complexity index is 923. The average Bonchev–Trinajstić information content (AvgIpc) is 2.93. The maximum atomic E-state index is 12.7. The SMILES string of the molecule is Cc1cc(S(=O)(=O)NC2CCCc3c2cnn3CC(=O)O)ccc1Br. The quantitative estimate of drug-likeness (QED) is 0.762.